The lowest BCUT2D eigenvalue weighted by atomic mass is 10.2. The van der Waals surface area contributed by atoms with E-state index >= 15 is 0 Å². The van der Waals surface area contributed by atoms with Crippen molar-refractivity contribution < 1.29 is 0 Å². The van der Waals surface area contributed by atoms with Gasteiger partial charge in [-0.2, -0.15) is 11.8 Å². The predicted octanol–water partition coefficient (Wildman–Crippen LogP) is 2.58. The van der Waals surface area contributed by atoms with Crippen LogP contribution in [0.2, 0.25) is 0 Å². The topological polar surface area (TPSA) is 27.6 Å². The third-order valence-electron chi connectivity index (χ3n) is 2.83. The lowest BCUT2D eigenvalue weighted by molar-refractivity contribution is 0.376. The standard InChI is InChI=1S/C13H27N3S/c1-5-7-8-15-12(14-6-2)16-9-10-17-13(3,4)11-16/h5-11H2,1-4H3,(H,14,15). The highest BCUT2D eigenvalue weighted by Crippen LogP contribution is 2.29. The molecular weight excluding hydrogens is 230 g/mol. The molecule has 1 rings (SSSR count). The van der Waals surface area contributed by atoms with Crippen LogP contribution in [0.15, 0.2) is 4.99 Å². The molecule has 1 aliphatic heterocycles. The van der Waals surface area contributed by atoms with Gasteiger partial charge in [-0.3, -0.25) is 4.99 Å². The largest absolute Gasteiger partial charge is 0.357 e. The zero-order valence-electron chi connectivity index (χ0n) is 11.8. The van der Waals surface area contributed by atoms with E-state index in [1.54, 1.807) is 0 Å². The Kier molecular flexibility index (Phi) is 6.17. The van der Waals surface area contributed by atoms with Gasteiger partial charge in [0.05, 0.1) is 0 Å². The van der Waals surface area contributed by atoms with Crippen LogP contribution in [0.3, 0.4) is 0 Å². The SMILES string of the molecule is CCCCN=C(NCC)N1CCSC(C)(C)C1. The summed E-state index contributed by atoms with van der Waals surface area (Å²) in [6, 6.07) is 0. The summed E-state index contributed by atoms with van der Waals surface area (Å²) in [5.41, 5.74) is 0. The summed E-state index contributed by atoms with van der Waals surface area (Å²) in [4.78, 5) is 7.13. The minimum Gasteiger partial charge on any atom is -0.357 e. The first-order valence-electron chi connectivity index (χ1n) is 6.76. The molecule has 0 bridgehead atoms. The molecule has 0 aromatic carbocycles. The fourth-order valence-corrected chi connectivity index (χ4v) is 3.08. The van der Waals surface area contributed by atoms with Gasteiger partial charge in [-0.1, -0.05) is 13.3 Å². The highest BCUT2D eigenvalue weighted by molar-refractivity contribution is 8.00. The molecule has 1 aliphatic rings. The fraction of sp³-hybridized carbons (Fsp3) is 0.923. The number of aliphatic imine (C=N–C) groups is 1. The average Bonchev–Trinajstić information content (AvgIpc) is 2.27. The maximum Gasteiger partial charge on any atom is 0.193 e. The van der Waals surface area contributed by atoms with Crippen molar-refractivity contribution in [1.29, 1.82) is 0 Å². The lowest BCUT2D eigenvalue weighted by Crippen LogP contribution is -2.51. The quantitative estimate of drug-likeness (QED) is 0.476. The second-order valence-electron chi connectivity index (χ2n) is 5.12. The van der Waals surface area contributed by atoms with Crippen LogP contribution in [0.5, 0.6) is 0 Å². The minimum absolute atomic E-state index is 0.346. The van der Waals surface area contributed by atoms with Gasteiger partial charge in [0.1, 0.15) is 0 Å². The Morgan fingerprint density at radius 2 is 2.18 bits per heavy atom. The zero-order valence-corrected chi connectivity index (χ0v) is 12.6. The molecule has 0 unspecified atom stereocenters. The normalized spacial score (nSPS) is 20.5. The van der Waals surface area contributed by atoms with Crippen molar-refractivity contribution in [2.75, 3.05) is 31.9 Å². The van der Waals surface area contributed by atoms with Crippen molar-refractivity contribution in [1.82, 2.24) is 10.2 Å². The maximum absolute atomic E-state index is 4.71. The second kappa shape index (κ2) is 7.14. The highest BCUT2D eigenvalue weighted by atomic mass is 32.2. The van der Waals surface area contributed by atoms with E-state index in [1.165, 1.54) is 18.6 Å². The van der Waals surface area contributed by atoms with Crippen LogP contribution in [-0.2, 0) is 0 Å². The first-order chi connectivity index (χ1) is 8.09. The summed E-state index contributed by atoms with van der Waals surface area (Å²) in [6.45, 7) is 13.1. The van der Waals surface area contributed by atoms with Crippen LogP contribution in [-0.4, -0.2) is 47.5 Å². The van der Waals surface area contributed by atoms with Crippen LogP contribution in [0, 0.1) is 0 Å². The van der Waals surface area contributed by atoms with E-state index in [1.807, 2.05) is 0 Å². The highest BCUT2D eigenvalue weighted by Gasteiger charge is 2.28. The predicted molar refractivity (Wildman–Crippen MR) is 79.0 cm³/mol. The molecule has 17 heavy (non-hydrogen) atoms. The van der Waals surface area contributed by atoms with E-state index in [0.717, 1.165) is 32.1 Å². The molecule has 0 aromatic rings. The van der Waals surface area contributed by atoms with Gasteiger partial charge in [-0.15, -0.1) is 0 Å². The van der Waals surface area contributed by atoms with Gasteiger partial charge in [0.15, 0.2) is 5.96 Å². The summed E-state index contributed by atoms with van der Waals surface area (Å²) >= 11 is 2.06. The number of nitrogens with zero attached hydrogens (tertiary/aromatic N) is 2. The molecule has 0 atom stereocenters. The summed E-state index contributed by atoms with van der Waals surface area (Å²) in [7, 11) is 0. The lowest BCUT2D eigenvalue weighted by Gasteiger charge is -2.39. The molecule has 0 aromatic heterocycles. The molecule has 1 fully saturated rings. The fourth-order valence-electron chi connectivity index (χ4n) is 1.97. The number of unbranched alkanes of at least 4 members (excludes halogenated alkanes) is 1. The molecule has 1 heterocycles. The Morgan fingerprint density at radius 1 is 1.41 bits per heavy atom. The molecule has 0 aliphatic carbocycles. The van der Waals surface area contributed by atoms with Gasteiger partial charge < -0.3 is 10.2 Å². The van der Waals surface area contributed by atoms with E-state index < -0.39 is 0 Å². The molecular formula is C13H27N3S. The van der Waals surface area contributed by atoms with Crippen molar-refractivity contribution in [2.45, 2.75) is 45.3 Å². The van der Waals surface area contributed by atoms with Gasteiger partial charge in [0.25, 0.3) is 0 Å². The summed E-state index contributed by atoms with van der Waals surface area (Å²) in [5, 5.41) is 3.42. The summed E-state index contributed by atoms with van der Waals surface area (Å²) < 4.78 is 0.346. The molecule has 0 saturated carbocycles. The summed E-state index contributed by atoms with van der Waals surface area (Å²) in [6.07, 6.45) is 2.39. The van der Waals surface area contributed by atoms with E-state index in [0.29, 0.717) is 4.75 Å². The van der Waals surface area contributed by atoms with Crippen LogP contribution in [0.4, 0.5) is 0 Å². The third kappa shape index (κ3) is 5.19. The van der Waals surface area contributed by atoms with Gasteiger partial charge in [-0.25, -0.2) is 0 Å². The van der Waals surface area contributed by atoms with Crippen molar-refractivity contribution in [3.63, 3.8) is 0 Å². The van der Waals surface area contributed by atoms with Crippen LogP contribution >= 0.6 is 11.8 Å². The van der Waals surface area contributed by atoms with Crippen LogP contribution < -0.4 is 5.32 Å². The number of rotatable bonds is 4. The first-order valence-corrected chi connectivity index (χ1v) is 7.75. The molecule has 4 heteroatoms. The van der Waals surface area contributed by atoms with Gasteiger partial charge in [0, 0.05) is 36.7 Å². The van der Waals surface area contributed by atoms with E-state index in [9.17, 15) is 0 Å². The Morgan fingerprint density at radius 3 is 2.76 bits per heavy atom. The van der Waals surface area contributed by atoms with Crippen LogP contribution in [0.1, 0.15) is 40.5 Å². The Balaban J connectivity index is 2.59. The minimum atomic E-state index is 0.346. The Labute approximate surface area is 110 Å². The molecule has 1 N–H and O–H groups in total. The zero-order chi connectivity index (χ0) is 12.7. The van der Waals surface area contributed by atoms with Gasteiger partial charge in [-0.05, 0) is 27.2 Å². The maximum atomic E-state index is 4.71. The number of thioether (sulfide) groups is 1. The Bertz CT molecular complexity index is 251. The first kappa shape index (κ1) is 14.7. The van der Waals surface area contributed by atoms with Gasteiger partial charge >= 0.3 is 0 Å². The van der Waals surface area contributed by atoms with Crippen LogP contribution in [0.25, 0.3) is 0 Å². The molecule has 0 radical (unpaired) electrons. The smallest absolute Gasteiger partial charge is 0.193 e. The molecule has 0 spiro atoms. The summed E-state index contributed by atoms with van der Waals surface area (Å²) in [5.74, 6) is 2.31. The monoisotopic (exact) mass is 257 g/mol. The van der Waals surface area contributed by atoms with E-state index in [2.05, 4.69) is 49.7 Å². The molecule has 1 saturated heterocycles. The number of guanidine groups is 1. The Hall–Kier alpha value is -0.380. The molecule has 3 nitrogen and oxygen atoms in total. The number of nitrogens with one attached hydrogen (secondary N) is 1. The van der Waals surface area contributed by atoms with Crippen molar-refractivity contribution >= 4 is 17.7 Å². The van der Waals surface area contributed by atoms with Crippen molar-refractivity contribution in [3.05, 3.63) is 0 Å². The number of hydrogen-bond acceptors (Lipinski definition) is 2. The van der Waals surface area contributed by atoms with Gasteiger partial charge in [0.2, 0.25) is 0 Å². The number of hydrogen-bond donors (Lipinski definition) is 1. The molecule has 100 valence electrons. The molecule has 0 amide bonds. The second-order valence-corrected chi connectivity index (χ2v) is 6.92. The third-order valence-corrected chi connectivity index (χ3v) is 4.13. The average molecular weight is 257 g/mol. The van der Waals surface area contributed by atoms with Crippen molar-refractivity contribution in [2.24, 2.45) is 4.99 Å². The van der Waals surface area contributed by atoms with E-state index in [-0.39, 0.29) is 0 Å². The van der Waals surface area contributed by atoms with Crippen molar-refractivity contribution in [3.8, 4) is 0 Å². The van der Waals surface area contributed by atoms with E-state index in [4.69, 9.17) is 4.99 Å².